The zero-order valence-electron chi connectivity index (χ0n) is 13.1. The highest BCUT2D eigenvalue weighted by Crippen LogP contribution is 2.39. The van der Waals surface area contributed by atoms with Crippen LogP contribution in [-0.4, -0.2) is 17.5 Å². The van der Waals surface area contributed by atoms with Gasteiger partial charge in [-0.05, 0) is 19.4 Å². The molecule has 1 aliphatic rings. The van der Waals surface area contributed by atoms with E-state index < -0.39 is 16.8 Å². The number of nitro groups is 1. The number of benzene rings is 1. The lowest BCUT2D eigenvalue weighted by atomic mass is 9.83. The van der Waals surface area contributed by atoms with Crippen LogP contribution in [0.15, 0.2) is 47.1 Å². The predicted octanol–water partition coefficient (Wildman–Crippen LogP) is 2.24. The Kier molecular flexibility index (Phi) is 4.84. The van der Waals surface area contributed by atoms with Crippen LogP contribution in [0.5, 0.6) is 0 Å². The Balaban J connectivity index is 2.57. The van der Waals surface area contributed by atoms with E-state index in [0.717, 1.165) is 0 Å². The van der Waals surface area contributed by atoms with Crippen molar-refractivity contribution in [2.75, 3.05) is 6.61 Å². The van der Waals surface area contributed by atoms with Gasteiger partial charge in [0, 0.05) is 12.1 Å². The van der Waals surface area contributed by atoms with Gasteiger partial charge in [0.1, 0.15) is 17.4 Å². The Morgan fingerprint density at radius 3 is 2.58 bits per heavy atom. The summed E-state index contributed by atoms with van der Waals surface area (Å²) >= 11 is 0. The number of nitriles is 1. The molecule has 0 aromatic heterocycles. The van der Waals surface area contributed by atoms with E-state index in [-0.39, 0.29) is 35.1 Å². The van der Waals surface area contributed by atoms with Crippen LogP contribution >= 0.6 is 0 Å². The zero-order valence-corrected chi connectivity index (χ0v) is 13.1. The first kappa shape index (κ1) is 17.0. The maximum Gasteiger partial charge on any atom is 0.338 e. The van der Waals surface area contributed by atoms with Gasteiger partial charge in [0.25, 0.3) is 5.69 Å². The molecule has 0 saturated carbocycles. The highest BCUT2D eigenvalue weighted by molar-refractivity contribution is 5.92. The summed E-state index contributed by atoms with van der Waals surface area (Å²) in [6, 6.07) is 7.50. The molecule has 1 aromatic rings. The van der Waals surface area contributed by atoms with Crippen molar-refractivity contribution in [2.24, 2.45) is 5.73 Å². The van der Waals surface area contributed by atoms with Crippen LogP contribution in [0.1, 0.15) is 25.3 Å². The van der Waals surface area contributed by atoms with Crippen LogP contribution in [0.25, 0.3) is 0 Å². The van der Waals surface area contributed by atoms with E-state index in [2.05, 4.69) is 0 Å². The predicted molar refractivity (Wildman–Crippen MR) is 83.1 cm³/mol. The number of rotatable bonds is 4. The number of hydrogen-bond acceptors (Lipinski definition) is 7. The van der Waals surface area contributed by atoms with E-state index in [9.17, 15) is 20.2 Å². The lowest BCUT2D eigenvalue weighted by Gasteiger charge is -2.26. The average Bonchev–Trinajstić information content (AvgIpc) is 2.54. The molecule has 1 aliphatic heterocycles. The molecule has 0 amide bonds. The van der Waals surface area contributed by atoms with Gasteiger partial charge in [-0.15, -0.1) is 0 Å². The fourth-order valence-corrected chi connectivity index (χ4v) is 2.48. The molecule has 0 aliphatic carbocycles. The number of nitrogens with zero attached hydrogens (tertiary/aromatic N) is 2. The van der Waals surface area contributed by atoms with E-state index >= 15 is 0 Å². The second kappa shape index (κ2) is 6.83. The molecular weight excluding hydrogens is 314 g/mol. The summed E-state index contributed by atoms with van der Waals surface area (Å²) in [7, 11) is 0. The van der Waals surface area contributed by atoms with Crippen LogP contribution < -0.4 is 5.73 Å². The monoisotopic (exact) mass is 329 g/mol. The van der Waals surface area contributed by atoms with E-state index in [0.29, 0.717) is 5.56 Å². The number of ether oxygens (including phenoxy) is 2. The van der Waals surface area contributed by atoms with Gasteiger partial charge in [-0.1, -0.05) is 12.1 Å². The molecule has 0 fully saturated rings. The van der Waals surface area contributed by atoms with Crippen LogP contribution in [0.4, 0.5) is 5.69 Å². The minimum absolute atomic E-state index is 0.0532. The number of allylic oxidation sites excluding steroid dienone is 2. The van der Waals surface area contributed by atoms with Crippen molar-refractivity contribution >= 4 is 11.7 Å². The maximum atomic E-state index is 12.3. The van der Waals surface area contributed by atoms with Crippen LogP contribution in [0.2, 0.25) is 0 Å². The molecule has 8 nitrogen and oxygen atoms in total. The topological polar surface area (TPSA) is 128 Å². The molecule has 2 rings (SSSR count). The molecule has 24 heavy (non-hydrogen) atoms. The molecule has 1 atom stereocenters. The third-order valence-electron chi connectivity index (χ3n) is 3.54. The molecule has 0 bridgehead atoms. The van der Waals surface area contributed by atoms with Gasteiger partial charge < -0.3 is 15.2 Å². The van der Waals surface area contributed by atoms with Crippen molar-refractivity contribution in [1.82, 2.24) is 0 Å². The first-order valence-corrected chi connectivity index (χ1v) is 7.10. The minimum Gasteiger partial charge on any atom is -0.463 e. The number of nitro benzene ring substituents is 1. The largest absolute Gasteiger partial charge is 0.463 e. The summed E-state index contributed by atoms with van der Waals surface area (Å²) < 4.78 is 10.3. The average molecular weight is 329 g/mol. The van der Waals surface area contributed by atoms with E-state index in [4.69, 9.17) is 15.2 Å². The van der Waals surface area contributed by atoms with Gasteiger partial charge in [0.05, 0.1) is 23.0 Å². The van der Waals surface area contributed by atoms with Gasteiger partial charge in [-0.2, -0.15) is 5.26 Å². The molecule has 0 radical (unpaired) electrons. The van der Waals surface area contributed by atoms with E-state index in [1.807, 2.05) is 6.07 Å². The fourth-order valence-electron chi connectivity index (χ4n) is 2.48. The summed E-state index contributed by atoms with van der Waals surface area (Å²) in [6.45, 7) is 3.36. The van der Waals surface area contributed by atoms with Crippen molar-refractivity contribution in [3.63, 3.8) is 0 Å². The van der Waals surface area contributed by atoms with Gasteiger partial charge in [0.15, 0.2) is 0 Å². The summed E-state index contributed by atoms with van der Waals surface area (Å²) in [6.07, 6.45) is 0. The summed E-state index contributed by atoms with van der Waals surface area (Å²) in [5, 5.41) is 20.2. The lowest BCUT2D eigenvalue weighted by Crippen LogP contribution is -2.25. The Morgan fingerprint density at radius 1 is 1.46 bits per heavy atom. The maximum absolute atomic E-state index is 12.3. The number of esters is 1. The second-order valence-electron chi connectivity index (χ2n) is 4.96. The highest BCUT2D eigenvalue weighted by Gasteiger charge is 2.36. The zero-order chi connectivity index (χ0) is 17.9. The smallest absolute Gasteiger partial charge is 0.338 e. The molecule has 0 saturated heterocycles. The molecule has 124 valence electrons. The number of nitrogens with two attached hydrogens (primary N) is 1. The van der Waals surface area contributed by atoms with Crippen molar-refractivity contribution in [2.45, 2.75) is 19.8 Å². The first-order chi connectivity index (χ1) is 11.4. The summed E-state index contributed by atoms with van der Waals surface area (Å²) in [4.78, 5) is 22.6. The third kappa shape index (κ3) is 3.05. The Bertz CT molecular complexity index is 787. The lowest BCUT2D eigenvalue weighted by molar-refractivity contribution is -0.384. The number of carbonyl (C=O) groups excluding carboxylic acids is 1. The number of carbonyl (C=O) groups is 1. The van der Waals surface area contributed by atoms with Crippen molar-refractivity contribution in [1.29, 1.82) is 5.26 Å². The van der Waals surface area contributed by atoms with Crippen molar-refractivity contribution in [3.8, 4) is 6.07 Å². The summed E-state index contributed by atoms with van der Waals surface area (Å²) in [5.74, 6) is -1.30. The Morgan fingerprint density at radius 2 is 2.08 bits per heavy atom. The molecule has 2 N–H and O–H groups in total. The molecular formula is C16H15N3O5. The van der Waals surface area contributed by atoms with Crippen molar-refractivity contribution < 1.29 is 19.2 Å². The number of hydrogen-bond donors (Lipinski definition) is 1. The molecule has 1 heterocycles. The SMILES string of the molecule is CCOC(=O)C1=C(C)OC(N)=C(C#N)[C@@H]1c1ccc([N+](=O)[O-])cc1. The van der Waals surface area contributed by atoms with Crippen LogP contribution in [0.3, 0.4) is 0 Å². The van der Waals surface area contributed by atoms with Crippen molar-refractivity contribution in [3.05, 3.63) is 62.7 Å². The van der Waals surface area contributed by atoms with Gasteiger partial charge >= 0.3 is 5.97 Å². The number of non-ortho nitro benzene ring substituents is 1. The minimum atomic E-state index is -0.802. The van der Waals surface area contributed by atoms with E-state index in [1.54, 1.807) is 13.8 Å². The molecule has 0 unspecified atom stereocenters. The third-order valence-corrected chi connectivity index (χ3v) is 3.54. The normalized spacial score (nSPS) is 17.1. The Hall–Kier alpha value is -3.34. The van der Waals surface area contributed by atoms with E-state index in [1.165, 1.54) is 24.3 Å². The standard InChI is InChI=1S/C16H15N3O5/c1-3-23-16(20)13-9(2)24-15(18)12(8-17)14(13)10-4-6-11(7-5-10)19(21)22/h4-7,14H,3,18H2,1-2H3/t14-/m0/s1. The molecule has 1 aromatic carbocycles. The van der Waals surface area contributed by atoms with Crippen LogP contribution in [0, 0.1) is 21.4 Å². The molecule has 0 spiro atoms. The van der Waals surface area contributed by atoms with Gasteiger partial charge in [-0.25, -0.2) is 4.79 Å². The first-order valence-electron chi connectivity index (χ1n) is 7.10. The highest BCUT2D eigenvalue weighted by atomic mass is 16.6. The van der Waals surface area contributed by atoms with Gasteiger partial charge in [0.2, 0.25) is 5.88 Å². The van der Waals surface area contributed by atoms with Gasteiger partial charge in [-0.3, -0.25) is 10.1 Å². The fraction of sp³-hybridized carbons (Fsp3) is 0.250. The quantitative estimate of drug-likeness (QED) is 0.509. The molecule has 8 heteroatoms. The van der Waals surface area contributed by atoms with Crippen LogP contribution in [-0.2, 0) is 14.3 Å². The summed E-state index contributed by atoms with van der Waals surface area (Å²) in [5.41, 5.74) is 6.37. The second-order valence-corrected chi connectivity index (χ2v) is 4.96. The Labute approximate surface area is 137 Å².